The number of hydrogen-bond donors (Lipinski definition) is 3. The molecule has 1 saturated carbocycles. The van der Waals surface area contributed by atoms with Crippen LogP contribution < -0.4 is 11.1 Å². The fraction of sp³-hybridized carbons (Fsp3) is 0.385. The first-order valence-electron chi connectivity index (χ1n) is 6.05. The molecule has 0 saturated heterocycles. The number of nitrogens with zero attached hydrogens (tertiary/aromatic N) is 1. The number of amides is 1. The van der Waals surface area contributed by atoms with Crippen LogP contribution in [0.4, 0.5) is 5.69 Å². The topological polar surface area (TPSA) is 87.7 Å². The molecule has 102 valence electrons. The normalized spacial score (nSPS) is 17.7. The summed E-state index contributed by atoms with van der Waals surface area (Å²) in [5.41, 5.74) is 6.28. The van der Waals surface area contributed by atoms with Crippen LogP contribution in [0.5, 0.6) is 0 Å². The molecule has 0 radical (unpaired) electrons. The first kappa shape index (κ1) is 13.7. The van der Waals surface area contributed by atoms with Crippen molar-refractivity contribution in [3.05, 3.63) is 28.8 Å². The van der Waals surface area contributed by atoms with Crippen LogP contribution in [0.1, 0.15) is 24.8 Å². The van der Waals surface area contributed by atoms with Crippen LogP contribution in [0.15, 0.2) is 23.4 Å². The largest absolute Gasteiger partial charge is 0.409 e. The highest BCUT2D eigenvalue weighted by Gasteiger charge is 2.48. The van der Waals surface area contributed by atoms with Crippen molar-refractivity contribution in [1.29, 1.82) is 0 Å². The zero-order chi connectivity index (χ0) is 14.0. The average molecular weight is 282 g/mol. The Bertz CT molecular complexity index is 539. The zero-order valence-electron chi connectivity index (χ0n) is 10.6. The van der Waals surface area contributed by atoms with Crippen molar-refractivity contribution < 1.29 is 10.0 Å². The Morgan fingerprint density at radius 2 is 2.21 bits per heavy atom. The summed E-state index contributed by atoms with van der Waals surface area (Å²) in [6, 6.07) is 5.38. The molecule has 0 unspecified atom stereocenters. The van der Waals surface area contributed by atoms with Crippen molar-refractivity contribution in [3.63, 3.8) is 0 Å². The maximum absolute atomic E-state index is 12.3. The van der Waals surface area contributed by atoms with E-state index in [1.807, 2.05) is 13.0 Å². The van der Waals surface area contributed by atoms with E-state index in [-0.39, 0.29) is 11.7 Å². The van der Waals surface area contributed by atoms with E-state index in [0.717, 1.165) is 12.0 Å². The smallest absolute Gasteiger partial charge is 0.238 e. The molecule has 0 atom stereocenters. The van der Waals surface area contributed by atoms with Crippen molar-refractivity contribution in [1.82, 2.24) is 0 Å². The van der Waals surface area contributed by atoms with Gasteiger partial charge in [-0.3, -0.25) is 4.79 Å². The second kappa shape index (κ2) is 5.09. The summed E-state index contributed by atoms with van der Waals surface area (Å²) in [7, 11) is 0. The summed E-state index contributed by atoms with van der Waals surface area (Å²) in [6.45, 7) is 1.91. The van der Waals surface area contributed by atoms with Gasteiger partial charge < -0.3 is 16.3 Å². The Morgan fingerprint density at radius 1 is 1.53 bits per heavy atom. The van der Waals surface area contributed by atoms with Gasteiger partial charge in [-0.15, -0.1) is 0 Å². The monoisotopic (exact) mass is 281 g/mol. The molecule has 5 nitrogen and oxygen atoms in total. The van der Waals surface area contributed by atoms with Gasteiger partial charge in [0.2, 0.25) is 5.91 Å². The summed E-state index contributed by atoms with van der Waals surface area (Å²) < 4.78 is 0. The fourth-order valence-electron chi connectivity index (χ4n) is 2.20. The van der Waals surface area contributed by atoms with Crippen LogP contribution in [0.2, 0.25) is 5.02 Å². The molecule has 1 aliphatic carbocycles. The molecule has 0 spiro atoms. The van der Waals surface area contributed by atoms with Crippen molar-refractivity contribution >= 4 is 29.0 Å². The number of anilines is 1. The van der Waals surface area contributed by atoms with Gasteiger partial charge in [0, 0.05) is 0 Å². The van der Waals surface area contributed by atoms with E-state index >= 15 is 0 Å². The predicted molar refractivity (Wildman–Crippen MR) is 74.5 cm³/mol. The van der Waals surface area contributed by atoms with E-state index in [2.05, 4.69) is 10.5 Å². The second-order valence-electron chi connectivity index (χ2n) is 4.86. The molecule has 19 heavy (non-hydrogen) atoms. The van der Waals surface area contributed by atoms with Gasteiger partial charge >= 0.3 is 0 Å². The minimum Gasteiger partial charge on any atom is -0.409 e. The van der Waals surface area contributed by atoms with E-state index in [4.69, 9.17) is 22.5 Å². The van der Waals surface area contributed by atoms with Gasteiger partial charge in [0.15, 0.2) is 5.84 Å². The van der Waals surface area contributed by atoms with Crippen LogP contribution in [-0.2, 0) is 4.79 Å². The first-order valence-corrected chi connectivity index (χ1v) is 6.43. The number of rotatable bonds is 3. The molecule has 0 heterocycles. The van der Waals surface area contributed by atoms with Gasteiger partial charge in [-0.2, -0.15) is 0 Å². The Labute approximate surface area is 116 Å². The molecule has 0 aliphatic heterocycles. The third kappa shape index (κ3) is 2.38. The van der Waals surface area contributed by atoms with Gasteiger partial charge in [0.25, 0.3) is 0 Å². The Hall–Kier alpha value is -1.75. The third-order valence-corrected chi connectivity index (χ3v) is 3.94. The number of carbonyl (C=O) groups excluding carboxylic acids is 1. The minimum atomic E-state index is -0.901. The number of halogens is 1. The number of nitrogens with one attached hydrogen (secondary N) is 1. The molecule has 1 aromatic carbocycles. The summed E-state index contributed by atoms with van der Waals surface area (Å²) in [5.74, 6) is -0.318. The highest BCUT2D eigenvalue weighted by atomic mass is 35.5. The quantitative estimate of drug-likeness (QED) is 0.344. The number of amidine groups is 1. The lowest BCUT2D eigenvalue weighted by Crippen LogP contribution is -2.51. The Balaban J connectivity index is 2.23. The summed E-state index contributed by atoms with van der Waals surface area (Å²) >= 11 is 6.04. The Kier molecular flexibility index (Phi) is 3.66. The number of benzene rings is 1. The number of oxime groups is 1. The van der Waals surface area contributed by atoms with E-state index in [1.54, 1.807) is 12.1 Å². The standard InChI is InChI=1S/C13H16ClN3O2/c1-8-3-4-9(14)10(7-8)16-12(18)13(5-2-6-13)11(15)17-19/h3-4,7,19H,2,5-6H2,1H3,(H2,15,17)(H,16,18). The molecule has 6 heteroatoms. The maximum atomic E-state index is 12.3. The lowest BCUT2D eigenvalue weighted by atomic mass is 9.67. The van der Waals surface area contributed by atoms with Gasteiger partial charge in [0.05, 0.1) is 10.7 Å². The van der Waals surface area contributed by atoms with Crippen molar-refractivity contribution in [2.24, 2.45) is 16.3 Å². The zero-order valence-corrected chi connectivity index (χ0v) is 11.4. The Morgan fingerprint density at radius 3 is 2.74 bits per heavy atom. The fourth-order valence-corrected chi connectivity index (χ4v) is 2.37. The second-order valence-corrected chi connectivity index (χ2v) is 5.27. The minimum absolute atomic E-state index is 0.0416. The van der Waals surface area contributed by atoms with Crippen molar-refractivity contribution in [3.8, 4) is 0 Å². The van der Waals surface area contributed by atoms with Gasteiger partial charge in [-0.05, 0) is 37.5 Å². The highest BCUT2D eigenvalue weighted by molar-refractivity contribution is 6.34. The molecule has 4 N–H and O–H groups in total. The van der Waals surface area contributed by atoms with E-state index in [9.17, 15) is 4.79 Å². The van der Waals surface area contributed by atoms with Crippen LogP contribution in [0.3, 0.4) is 0 Å². The van der Waals surface area contributed by atoms with E-state index < -0.39 is 5.41 Å². The summed E-state index contributed by atoms with van der Waals surface area (Å²) in [5, 5.41) is 15.0. The van der Waals surface area contributed by atoms with Crippen LogP contribution in [-0.4, -0.2) is 17.0 Å². The predicted octanol–water partition coefficient (Wildman–Crippen LogP) is 2.50. The van der Waals surface area contributed by atoms with Crippen molar-refractivity contribution in [2.75, 3.05) is 5.32 Å². The van der Waals surface area contributed by atoms with Crippen molar-refractivity contribution in [2.45, 2.75) is 26.2 Å². The molecule has 1 amide bonds. The summed E-state index contributed by atoms with van der Waals surface area (Å²) in [4.78, 5) is 12.3. The number of aryl methyl sites for hydroxylation is 1. The van der Waals surface area contributed by atoms with Crippen LogP contribution >= 0.6 is 11.6 Å². The van der Waals surface area contributed by atoms with Gasteiger partial charge in [-0.1, -0.05) is 29.2 Å². The molecule has 2 rings (SSSR count). The van der Waals surface area contributed by atoms with E-state index in [0.29, 0.717) is 23.6 Å². The molecule has 1 aliphatic rings. The molecule has 1 aromatic rings. The van der Waals surface area contributed by atoms with Crippen LogP contribution in [0, 0.1) is 12.3 Å². The maximum Gasteiger partial charge on any atom is 0.238 e. The molecular weight excluding hydrogens is 266 g/mol. The lowest BCUT2D eigenvalue weighted by Gasteiger charge is -2.38. The number of nitrogens with two attached hydrogens (primary N) is 1. The van der Waals surface area contributed by atoms with Crippen LogP contribution in [0.25, 0.3) is 0 Å². The van der Waals surface area contributed by atoms with Gasteiger partial charge in [-0.25, -0.2) is 0 Å². The molecule has 0 bridgehead atoms. The average Bonchev–Trinajstić information content (AvgIpc) is 2.32. The SMILES string of the molecule is Cc1ccc(Cl)c(NC(=O)C2(/C(N)=N/O)CCC2)c1. The summed E-state index contributed by atoms with van der Waals surface area (Å²) in [6.07, 6.45) is 2.04. The molecular formula is C13H16ClN3O2. The molecule has 0 aromatic heterocycles. The first-order chi connectivity index (χ1) is 8.99. The number of carbonyl (C=O) groups is 1. The third-order valence-electron chi connectivity index (χ3n) is 3.61. The number of hydrogen-bond acceptors (Lipinski definition) is 3. The van der Waals surface area contributed by atoms with Gasteiger partial charge in [0.1, 0.15) is 5.41 Å². The highest BCUT2D eigenvalue weighted by Crippen LogP contribution is 2.42. The lowest BCUT2D eigenvalue weighted by molar-refractivity contribution is -0.125. The van der Waals surface area contributed by atoms with E-state index in [1.165, 1.54) is 0 Å². The molecule has 1 fully saturated rings.